The van der Waals surface area contributed by atoms with E-state index in [2.05, 4.69) is 39.0 Å². The van der Waals surface area contributed by atoms with E-state index < -0.39 is 0 Å². The van der Waals surface area contributed by atoms with Crippen LogP contribution in [-0.4, -0.2) is 35.7 Å². The number of hydrogen-bond acceptors (Lipinski definition) is 3. The van der Waals surface area contributed by atoms with E-state index in [0.717, 1.165) is 55.6 Å². The van der Waals surface area contributed by atoms with Crippen LogP contribution in [0.4, 0.5) is 5.95 Å². The van der Waals surface area contributed by atoms with Crippen molar-refractivity contribution in [1.82, 2.24) is 14.9 Å². The quantitative estimate of drug-likeness (QED) is 0.791. The van der Waals surface area contributed by atoms with Gasteiger partial charge in [0.1, 0.15) is 0 Å². The van der Waals surface area contributed by atoms with Crippen molar-refractivity contribution in [2.75, 3.05) is 31.1 Å². The number of fused-ring (bicyclic) bond motifs is 1. The number of hydrogen-bond donors (Lipinski definition) is 1. The number of para-hydroxylation sites is 2. The highest BCUT2D eigenvalue weighted by atomic mass is 35.5. The van der Waals surface area contributed by atoms with Gasteiger partial charge >= 0.3 is 0 Å². The highest BCUT2D eigenvalue weighted by molar-refractivity contribution is 6.30. The molecule has 4 rings (SSSR count). The van der Waals surface area contributed by atoms with Crippen LogP contribution in [0.3, 0.4) is 0 Å². The molecular weight excluding hydrogens is 320 g/mol. The van der Waals surface area contributed by atoms with E-state index in [1.54, 1.807) is 0 Å². The van der Waals surface area contributed by atoms with Crippen LogP contribution in [0, 0.1) is 0 Å². The van der Waals surface area contributed by atoms with Crippen LogP contribution in [0.2, 0.25) is 5.02 Å². The van der Waals surface area contributed by atoms with Gasteiger partial charge in [-0.3, -0.25) is 0 Å². The Morgan fingerprint density at radius 1 is 1.04 bits per heavy atom. The van der Waals surface area contributed by atoms with Gasteiger partial charge in [-0.25, -0.2) is 4.98 Å². The van der Waals surface area contributed by atoms with Gasteiger partial charge < -0.3 is 14.8 Å². The van der Waals surface area contributed by atoms with Crippen LogP contribution in [0.1, 0.15) is 12.0 Å². The van der Waals surface area contributed by atoms with Gasteiger partial charge in [0.05, 0.1) is 17.6 Å². The van der Waals surface area contributed by atoms with Crippen molar-refractivity contribution in [3.63, 3.8) is 0 Å². The fourth-order valence-corrected chi connectivity index (χ4v) is 3.54. The Kier molecular flexibility index (Phi) is 4.41. The Morgan fingerprint density at radius 2 is 1.96 bits per heavy atom. The molecule has 0 radical (unpaired) electrons. The van der Waals surface area contributed by atoms with Gasteiger partial charge in [0.2, 0.25) is 5.95 Å². The van der Waals surface area contributed by atoms with Gasteiger partial charge in [-0.1, -0.05) is 35.9 Å². The van der Waals surface area contributed by atoms with Gasteiger partial charge in [-0.2, -0.15) is 0 Å². The van der Waals surface area contributed by atoms with E-state index in [9.17, 15) is 0 Å². The first-order valence-electron chi connectivity index (χ1n) is 8.47. The fourth-order valence-electron chi connectivity index (χ4n) is 3.32. The van der Waals surface area contributed by atoms with Gasteiger partial charge in [0.15, 0.2) is 0 Å². The Morgan fingerprint density at radius 3 is 2.88 bits per heavy atom. The summed E-state index contributed by atoms with van der Waals surface area (Å²) in [5, 5.41) is 4.24. The number of nitrogens with zero attached hydrogens (tertiary/aromatic N) is 3. The van der Waals surface area contributed by atoms with E-state index >= 15 is 0 Å². The maximum atomic E-state index is 6.17. The van der Waals surface area contributed by atoms with Crippen molar-refractivity contribution in [2.45, 2.75) is 13.0 Å². The van der Waals surface area contributed by atoms with Gasteiger partial charge in [0.25, 0.3) is 0 Å². The minimum absolute atomic E-state index is 0.775. The molecule has 1 fully saturated rings. The van der Waals surface area contributed by atoms with Crippen molar-refractivity contribution < 1.29 is 0 Å². The highest BCUT2D eigenvalue weighted by Crippen LogP contribution is 2.25. The lowest BCUT2D eigenvalue weighted by molar-refractivity contribution is 0.722. The molecule has 2 heterocycles. The summed E-state index contributed by atoms with van der Waals surface area (Å²) < 4.78 is 2.31. The topological polar surface area (TPSA) is 33.1 Å². The highest BCUT2D eigenvalue weighted by Gasteiger charge is 2.18. The average Bonchev–Trinajstić information content (AvgIpc) is 2.77. The zero-order chi connectivity index (χ0) is 16.4. The third-order valence-electron chi connectivity index (χ3n) is 4.49. The predicted octanol–water partition coefficient (Wildman–Crippen LogP) is 3.54. The minimum atomic E-state index is 0.775. The summed E-state index contributed by atoms with van der Waals surface area (Å²) in [5.74, 6) is 1.06. The Balaban J connectivity index is 1.77. The lowest BCUT2D eigenvalue weighted by atomic mass is 10.2. The number of halogens is 1. The molecule has 24 heavy (non-hydrogen) atoms. The van der Waals surface area contributed by atoms with Crippen LogP contribution >= 0.6 is 11.6 Å². The number of aromatic nitrogens is 2. The summed E-state index contributed by atoms with van der Waals surface area (Å²) >= 11 is 6.17. The number of nitrogens with one attached hydrogen (secondary N) is 1. The Hall–Kier alpha value is -2.04. The monoisotopic (exact) mass is 340 g/mol. The maximum Gasteiger partial charge on any atom is 0.206 e. The molecule has 1 N–H and O–H groups in total. The van der Waals surface area contributed by atoms with E-state index in [1.165, 1.54) is 11.1 Å². The number of anilines is 1. The third kappa shape index (κ3) is 3.12. The molecule has 0 bridgehead atoms. The second-order valence-corrected chi connectivity index (χ2v) is 6.64. The summed E-state index contributed by atoms with van der Waals surface area (Å²) in [6, 6.07) is 16.4. The summed E-state index contributed by atoms with van der Waals surface area (Å²) in [5.41, 5.74) is 3.41. The van der Waals surface area contributed by atoms with E-state index in [0.29, 0.717) is 0 Å². The Labute approximate surface area is 147 Å². The fraction of sp³-hybridized carbons (Fsp3) is 0.316. The zero-order valence-corrected chi connectivity index (χ0v) is 14.3. The molecule has 0 amide bonds. The summed E-state index contributed by atoms with van der Waals surface area (Å²) in [7, 11) is 0. The molecule has 3 aromatic rings. The van der Waals surface area contributed by atoms with Gasteiger partial charge in [-0.15, -0.1) is 0 Å². The molecule has 1 aliphatic heterocycles. The second-order valence-electron chi connectivity index (χ2n) is 6.21. The molecule has 1 saturated heterocycles. The normalized spacial score (nSPS) is 15.6. The zero-order valence-electron chi connectivity index (χ0n) is 13.6. The lowest BCUT2D eigenvalue weighted by Crippen LogP contribution is -2.30. The average molecular weight is 341 g/mol. The van der Waals surface area contributed by atoms with Crippen LogP contribution < -0.4 is 10.2 Å². The van der Waals surface area contributed by atoms with Crippen LogP contribution in [-0.2, 0) is 6.54 Å². The number of imidazole rings is 1. The molecule has 5 heteroatoms. The lowest BCUT2D eigenvalue weighted by Gasteiger charge is -2.22. The smallest absolute Gasteiger partial charge is 0.206 e. The van der Waals surface area contributed by atoms with Crippen molar-refractivity contribution >= 4 is 28.6 Å². The number of benzene rings is 2. The molecule has 0 unspecified atom stereocenters. The summed E-state index contributed by atoms with van der Waals surface area (Å²) in [6.45, 7) is 4.87. The SMILES string of the molecule is Clc1cccc(Cn2c(N3CCCNCC3)nc3ccccc32)c1. The summed E-state index contributed by atoms with van der Waals surface area (Å²) in [4.78, 5) is 7.32. The number of rotatable bonds is 3. The van der Waals surface area contributed by atoms with Gasteiger partial charge in [-0.05, 0) is 42.8 Å². The Bertz CT molecular complexity index is 834. The molecule has 4 nitrogen and oxygen atoms in total. The first-order chi connectivity index (χ1) is 11.8. The molecule has 2 aromatic carbocycles. The largest absolute Gasteiger partial charge is 0.341 e. The molecule has 0 spiro atoms. The van der Waals surface area contributed by atoms with E-state index in [4.69, 9.17) is 16.6 Å². The molecule has 0 saturated carbocycles. The third-order valence-corrected chi connectivity index (χ3v) is 4.72. The van der Waals surface area contributed by atoms with Crippen LogP contribution in [0.25, 0.3) is 11.0 Å². The standard InChI is InChI=1S/C19H21ClN4/c20-16-6-3-5-15(13-16)14-24-18-8-2-1-7-17(18)22-19(24)23-11-4-9-21-10-12-23/h1-3,5-8,13,21H,4,9-12,14H2. The van der Waals surface area contributed by atoms with Gasteiger partial charge in [0, 0.05) is 24.7 Å². The van der Waals surface area contributed by atoms with E-state index in [-0.39, 0.29) is 0 Å². The molecular formula is C19H21ClN4. The molecule has 0 aliphatic carbocycles. The van der Waals surface area contributed by atoms with Crippen LogP contribution in [0.5, 0.6) is 0 Å². The van der Waals surface area contributed by atoms with Crippen molar-refractivity contribution in [1.29, 1.82) is 0 Å². The van der Waals surface area contributed by atoms with E-state index in [1.807, 2.05) is 24.3 Å². The van der Waals surface area contributed by atoms with Crippen molar-refractivity contribution in [3.8, 4) is 0 Å². The molecule has 0 atom stereocenters. The molecule has 1 aliphatic rings. The minimum Gasteiger partial charge on any atom is -0.341 e. The molecule has 1 aromatic heterocycles. The first-order valence-corrected chi connectivity index (χ1v) is 8.84. The van der Waals surface area contributed by atoms with Crippen LogP contribution in [0.15, 0.2) is 48.5 Å². The summed E-state index contributed by atoms with van der Waals surface area (Å²) in [6.07, 6.45) is 1.14. The second kappa shape index (κ2) is 6.83. The van der Waals surface area contributed by atoms with Crippen molar-refractivity contribution in [3.05, 3.63) is 59.1 Å². The first kappa shape index (κ1) is 15.5. The van der Waals surface area contributed by atoms with Crippen molar-refractivity contribution in [2.24, 2.45) is 0 Å². The maximum absolute atomic E-state index is 6.17. The predicted molar refractivity (Wildman–Crippen MR) is 100.0 cm³/mol. The molecule has 124 valence electrons.